The van der Waals surface area contributed by atoms with Gasteiger partial charge in [0.05, 0.1) is 0 Å². The molecule has 0 bridgehead atoms. The zero-order chi connectivity index (χ0) is 17.9. The molecule has 1 N–H and O–H groups in total. The number of amides is 1. The molecule has 0 saturated carbocycles. The molecule has 24 heavy (non-hydrogen) atoms. The fourth-order valence-corrected chi connectivity index (χ4v) is 2.01. The first-order valence-corrected chi connectivity index (χ1v) is 6.86. The molecule has 0 saturated heterocycles. The Morgan fingerprint density at radius 1 is 1.29 bits per heavy atom. The van der Waals surface area contributed by atoms with E-state index >= 15 is 0 Å². The van der Waals surface area contributed by atoms with Gasteiger partial charge in [-0.1, -0.05) is 0 Å². The molecular formula is C15H12F2N4O3. The lowest BCUT2D eigenvalue weighted by atomic mass is 10.3. The van der Waals surface area contributed by atoms with Crippen molar-refractivity contribution in [3.63, 3.8) is 0 Å². The molecule has 0 aliphatic carbocycles. The van der Waals surface area contributed by atoms with Gasteiger partial charge in [-0.05, 0) is 19.1 Å². The van der Waals surface area contributed by atoms with Crippen molar-refractivity contribution in [3.05, 3.63) is 62.4 Å². The smallest absolute Gasteiger partial charge is 0.324 e. The number of aromatic nitrogens is 2. The average molecular weight is 334 g/mol. The van der Waals surface area contributed by atoms with Crippen LogP contribution in [0.1, 0.15) is 12.5 Å². The Balaban J connectivity index is 2.32. The van der Waals surface area contributed by atoms with Gasteiger partial charge in [-0.2, -0.15) is 5.26 Å². The van der Waals surface area contributed by atoms with E-state index in [0.29, 0.717) is 4.57 Å². The molecule has 1 amide bonds. The Morgan fingerprint density at radius 2 is 2.00 bits per heavy atom. The second kappa shape index (κ2) is 6.87. The third-order valence-electron chi connectivity index (χ3n) is 3.20. The Hall–Kier alpha value is -3.28. The van der Waals surface area contributed by atoms with Gasteiger partial charge < -0.3 is 5.32 Å². The Kier molecular flexibility index (Phi) is 4.89. The molecule has 0 aliphatic rings. The van der Waals surface area contributed by atoms with Crippen molar-refractivity contribution >= 4 is 11.6 Å². The third kappa shape index (κ3) is 3.38. The molecule has 0 radical (unpaired) electrons. The normalized spacial score (nSPS) is 10.2. The number of benzene rings is 1. The lowest BCUT2D eigenvalue weighted by Crippen LogP contribution is -2.43. The van der Waals surface area contributed by atoms with Crippen molar-refractivity contribution in [2.45, 2.75) is 20.0 Å². The van der Waals surface area contributed by atoms with Gasteiger partial charge in [0.2, 0.25) is 5.91 Å². The molecule has 124 valence electrons. The van der Waals surface area contributed by atoms with Crippen LogP contribution in [0.3, 0.4) is 0 Å². The summed E-state index contributed by atoms with van der Waals surface area (Å²) in [4.78, 5) is 36.1. The van der Waals surface area contributed by atoms with Crippen molar-refractivity contribution in [3.8, 4) is 6.07 Å². The van der Waals surface area contributed by atoms with E-state index in [4.69, 9.17) is 5.26 Å². The van der Waals surface area contributed by atoms with Gasteiger partial charge >= 0.3 is 5.69 Å². The van der Waals surface area contributed by atoms with Crippen LogP contribution in [0.15, 0.2) is 34.0 Å². The minimum absolute atomic E-state index is 0.0285. The van der Waals surface area contributed by atoms with Gasteiger partial charge in [-0.3, -0.25) is 14.2 Å². The number of nitrogens with one attached hydrogen (secondary N) is 1. The maximum Gasteiger partial charge on any atom is 0.331 e. The van der Waals surface area contributed by atoms with Crippen LogP contribution < -0.4 is 16.6 Å². The zero-order valence-corrected chi connectivity index (χ0v) is 12.5. The van der Waals surface area contributed by atoms with Gasteiger partial charge in [0.1, 0.15) is 18.2 Å². The maximum atomic E-state index is 13.1. The first-order chi connectivity index (χ1) is 11.4. The van der Waals surface area contributed by atoms with Gasteiger partial charge in [0.15, 0.2) is 11.6 Å². The fraction of sp³-hybridized carbons (Fsp3) is 0.200. The Bertz CT molecular complexity index is 957. The second-order valence-corrected chi connectivity index (χ2v) is 4.79. The van der Waals surface area contributed by atoms with Crippen LogP contribution in [0.5, 0.6) is 0 Å². The topological polar surface area (TPSA) is 96.9 Å². The number of nitrogens with zero attached hydrogens (tertiary/aromatic N) is 3. The predicted molar refractivity (Wildman–Crippen MR) is 80.3 cm³/mol. The summed E-state index contributed by atoms with van der Waals surface area (Å²) in [6.45, 7) is 1.18. The van der Waals surface area contributed by atoms with Crippen LogP contribution in [0.4, 0.5) is 14.5 Å². The standard InChI is InChI=1S/C15H12F2N4O3/c1-2-20-7-9(6-18)14(23)21(15(20)24)8-13(22)19-10-3-4-11(16)12(17)5-10/h3-5,7H,2,8H2,1H3,(H,19,22). The zero-order valence-electron chi connectivity index (χ0n) is 12.5. The lowest BCUT2D eigenvalue weighted by molar-refractivity contribution is -0.116. The lowest BCUT2D eigenvalue weighted by Gasteiger charge is -2.10. The summed E-state index contributed by atoms with van der Waals surface area (Å²) in [6.07, 6.45) is 1.12. The largest absolute Gasteiger partial charge is 0.331 e. The minimum atomic E-state index is -1.15. The highest BCUT2D eigenvalue weighted by atomic mass is 19.2. The van der Waals surface area contributed by atoms with E-state index in [0.717, 1.165) is 29.0 Å². The van der Waals surface area contributed by atoms with E-state index in [9.17, 15) is 23.2 Å². The highest BCUT2D eigenvalue weighted by molar-refractivity contribution is 5.90. The Labute approximate surface area is 134 Å². The number of aryl methyl sites for hydroxylation is 1. The van der Waals surface area contributed by atoms with Crippen LogP contribution >= 0.6 is 0 Å². The molecule has 0 fully saturated rings. The van der Waals surface area contributed by atoms with E-state index in [2.05, 4.69) is 5.32 Å². The molecule has 1 aromatic carbocycles. The summed E-state index contributed by atoms with van der Waals surface area (Å²) in [5.74, 6) is -3.01. The maximum absolute atomic E-state index is 13.1. The predicted octanol–water partition coefficient (Wildman–Crippen LogP) is 0.818. The van der Waals surface area contributed by atoms with Crippen molar-refractivity contribution in [2.75, 3.05) is 5.32 Å². The number of rotatable bonds is 4. The van der Waals surface area contributed by atoms with Crippen molar-refractivity contribution in [1.82, 2.24) is 9.13 Å². The van der Waals surface area contributed by atoms with Crippen LogP contribution in [-0.2, 0) is 17.9 Å². The van der Waals surface area contributed by atoms with Crippen molar-refractivity contribution in [1.29, 1.82) is 5.26 Å². The van der Waals surface area contributed by atoms with E-state index in [1.165, 1.54) is 0 Å². The monoisotopic (exact) mass is 334 g/mol. The van der Waals surface area contributed by atoms with Crippen LogP contribution in [0.2, 0.25) is 0 Å². The molecule has 0 atom stereocenters. The minimum Gasteiger partial charge on any atom is -0.324 e. The van der Waals surface area contributed by atoms with Crippen molar-refractivity contribution in [2.24, 2.45) is 0 Å². The summed E-state index contributed by atoms with van der Waals surface area (Å²) in [5, 5.41) is 11.2. The van der Waals surface area contributed by atoms with Crippen LogP contribution in [0, 0.1) is 23.0 Å². The van der Waals surface area contributed by atoms with E-state index in [1.54, 1.807) is 13.0 Å². The first kappa shape index (κ1) is 17.1. The highest BCUT2D eigenvalue weighted by Crippen LogP contribution is 2.12. The summed E-state index contributed by atoms with van der Waals surface area (Å²) < 4.78 is 27.7. The molecule has 7 nitrogen and oxygen atoms in total. The van der Waals surface area contributed by atoms with E-state index in [-0.39, 0.29) is 17.8 Å². The molecular weight excluding hydrogens is 322 g/mol. The third-order valence-corrected chi connectivity index (χ3v) is 3.20. The van der Waals surface area contributed by atoms with Gasteiger partial charge in [0.25, 0.3) is 5.56 Å². The molecule has 1 heterocycles. The van der Waals surface area contributed by atoms with Gasteiger partial charge in [-0.25, -0.2) is 18.1 Å². The number of hydrogen-bond acceptors (Lipinski definition) is 4. The molecule has 0 unspecified atom stereocenters. The fourth-order valence-electron chi connectivity index (χ4n) is 2.01. The SMILES string of the molecule is CCn1cc(C#N)c(=O)n(CC(=O)Nc2ccc(F)c(F)c2)c1=O. The Morgan fingerprint density at radius 3 is 2.58 bits per heavy atom. The number of halogens is 2. The molecule has 9 heteroatoms. The molecule has 1 aromatic heterocycles. The summed E-state index contributed by atoms with van der Waals surface area (Å²) in [7, 11) is 0. The summed E-state index contributed by atoms with van der Waals surface area (Å²) in [5.41, 5.74) is -1.95. The van der Waals surface area contributed by atoms with E-state index in [1.807, 2.05) is 0 Å². The van der Waals surface area contributed by atoms with Crippen LogP contribution in [0.25, 0.3) is 0 Å². The quantitative estimate of drug-likeness (QED) is 0.895. The molecule has 0 spiro atoms. The summed E-state index contributed by atoms with van der Waals surface area (Å²) in [6, 6.07) is 4.39. The number of carbonyl (C=O) groups is 1. The average Bonchev–Trinajstić information content (AvgIpc) is 2.55. The second-order valence-electron chi connectivity index (χ2n) is 4.79. The van der Waals surface area contributed by atoms with Gasteiger partial charge in [-0.15, -0.1) is 0 Å². The number of hydrogen-bond donors (Lipinski definition) is 1. The number of anilines is 1. The first-order valence-electron chi connectivity index (χ1n) is 6.86. The molecule has 2 rings (SSSR count). The van der Waals surface area contributed by atoms with Gasteiger partial charge in [0, 0.05) is 24.5 Å². The van der Waals surface area contributed by atoms with Crippen molar-refractivity contribution < 1.29 is 13.6 Å². The molecule has 2 aromatic rings. The highest BCUT2D eigenvalue weighted by Gasteiger charge is 2.14. The number of carbonyl (C=O) groups excluding carboxylic acids is 1. The molecule has 0 aliphatic heterocycles. The van der Waals surface area contributed by atoms with Crippen LogP contribution in [-0.4, -0.2) is 15.0 Å². The van der Waals surface area contributed by atoms with E-state index < -0.39 is 35.3 Å². The summed E-state index contributed by atoms with van der Waals surface area (Å²) >= 11 is 0. The number of nitriles is 1.